The Kier molecular flexibility index (Phi) is 4.72. The Hall–Kier alpha value is -2.10. The van der Waals surface area contributed by atoms with Crippen molar-refractivity contribution in [2.45, 2.75) is 31.8 Å². The summed E-state index contributed by atoms with van der Waals surface area (Å²) in [5.41, 5.74) is 0. The third-order valence-corrected chi connectivity index (χ3v) is 6.14. The van der Waals surface area contributed by atoms with Crippen LogP contribution in [0.5, 0.6) is 0 Å². The van der Waals surface area contributed by atoms with E-state index in [2.05, 4.69) is 10.3 Å². The lowest BCUT2D eigenvalue weighted by Crippen LogP contribution is -2.46. The summed E-state index contributed by atoms with van der Waals surface area (Å²) >= 11 is 0. The van der Waals surface area contributed by atoms with E-state index in [0.717, 1.165) is 5.82 Å². The van der Waals surface area contributed by atoms with Crippen LogP contribution in [0.3, 0.4) is 0 Å². The van der Waals surface area contributed by atoms with E-state index in [1.807, 2.05) is 18.4 Å². The van der Waals surface area contributed by atoms with Crippen LogP contribution in [0.25, 0.3) is 0 Å². The maximum Gasteiger partial charge on any atom is 0.410 e. The molecule has 10 heteroatoms. The van der Waals surface area contributed by atoms with E-state index >= 15 is 0 Å². The molecule has 2 aliphatic rings. The molecule has 1 N–H and O–H groups in total. The summed E-state index contributed by atoms with van der Waals surface area (Å²) in [4.78, 5) is 29.3. The molecule has 3 heterocycles. The molecule has 2 amide bonds. The number of hydrogen-bond donors (Lipinski definition) is 1. The molecular formula is C15H22N4O5S. The molecule has 0 radical (unpaired) electrons. The van der Waals surface area contributed by atoms with Gasteiger partial charge in [-0.1, -0.05) is 13.8 Å². The van der Waals surface area contributed by atoms with Crippen LogP contribution in [-0.4, -0.2) is 72.1 Å². The summed E-state index contributed by atoms with van der Waals surface area (Å²) in [5.74, 6) is 0.360. The number of carbonyl (C=O) groups is 2. The van der Waals surface area contributed by atoms with Gasteiger partial charge in [0.15, 0.2) is 9.84 Å². The van der Waals surface area contributed by atoms with Gasteiger partial charge in [0, 0.05) is 18.3 Å². The second-order valence-electron chi connectivity index (χ2n) is 6.70. The van der Waals surface area contributed by atoms with Gasteiger partial charge in [-0.05, 0) is 0 Å². The Morgan fingerprint density at radius 2 is 2.20 bits per heavy atom. The minimum Gasteiger partial charge on any atom is -0.448 e. The van der Waals surface area contributed by atoms with Crippen LogP contribution in [0.15, 0.2) is 12.4 Å². The summed E-state index contributed by atoms with van der Waals surface area (Å²) in [6.07, 6.45) is 2.86. The van der Waals surface area contributed by atoms with Crippen LogP contribution in [-0.2, 0) is 19.4 Å². The minimum atomic E-state index is -3.27. The summed E-state index contributed by atoms with van der Waals surface area (Å²) in [6, 6.07) is -0.956. The number of ether oxygens (including phenoxy) is 1. The number of hydrogen-bond acceptors (Lipinski definition) is 6. The lowest BCUT2D eigenvalue weighted by molar-refractivity contribution is -0.122. The quantitative estimate of drug-likeness (QED) is 0.776. The monoisotopic (exact) mass is 370 g/mol. The van der Waals surface area contributed by atoms with Gasteiger partial charge in [0.25, 0.3) is 0 Å². The number of carbonyl (C=O) groups excluding carboxylic acids is 2. The van der Waals surface area contributed by atoms with Gasteiger partial charge < -0.3 is 14.6 Å². The highest BCUT2D eigenvalue weighted by atomic mass is 32.2. The molecule has 9 nitrogen and oxygen atoms in total. The Labute approximate surface area is 146 Å². The van der Waals surface area contributed by atoms with Crippen molar-refractivity contribution in [3.05, 3.63) is 18.2 Å². The normalized spacial score (nSPS) is 25.4. The Balaban J connectivity index is 1.75. The molecule has 0 unspecified atom stereocenters. The molecule has 0 bridgehead atoms. The topological polar surface area (TPSA) is 111 Å². The summed E-state index contributed by atoms with van der Waals surface area (Å²) in [6.45, 7) is 4.45. The SMILES string of the molecule is CC(C)c1nccn1[C@@H]1CS(=O)(=O)C[C@@H]1NC(=O)CN1CCOC1=O. The predicted octanol–water partition coefficient (Wildman–Crippen LogP) is -0.0870. The second-order valence-corrected chi connectivity index (χ2v) is 8.86. The highest BCUT2D eigenvalue weighted by molar-refractivity contribution is 7.91. The lowest BCUT2D eigenvalue weighted by atomic mass is 10.1. The number of imidazole rings is 1. The van der Waals surface area contributed by atoms with Crippen molar-refractivity contribution in [3.8, 4) is 0 Å². The van der Waals surface area contributed by atoms with E-state index in [1.165, 1.54) is 4.90 Å². The molecular weight excluding hydrogens is 348 g/mol. The van der Waals surface area contributed by atoms with Gasteiger partial charge in [-0.3, -0.25) is 9.69 Å². The fourth-order valence-corrected chi connectivity index (χ4v) is 5.19. The second kappa shape index (κ2) is 6.66. The molecule has 1 aromatic heterocycles. The van der Waals surface area contributed by atoms with Gasteiger partial charge in [0.2, 0.25) is 5.91 Å². The number of amides is 2. The number of nitrogens with zero attached hydrogens (tertiary/aromatic N) is 3. The van der Waals surface area contributed by atoms with Gasteiger partial charge >= 0.3 is 6.09 Å². The number of rotatable bonds is 5. The van der Waals surface area contributed by atoms with Gasteiger partial charge in [-0.2, -0.15) is 0 Å². The van der Waals surface area contributed by atoms with E-state index in [-0.39, 0.29) is 30.6 Å². The fourth-order valence-electron chi connectivity index (χ4n) is 3.29. The van der Waals surface area contributed by atoms with E-state index in [4.69, 9.17) is 4.74 Å². The Bertz CT molecular complexity index is 773. The maximum atomic E-state index is 12.3. The third kappa shape index (κ3) is 3.78. The number of cyclic esters (lactones) is 1. The number of nitrogens with one attached hydrogen (secondary N) is 1. The minimum absolute atomic E-state index is 0.0419. The van der Waals surface area contributed by atoms with Gasteiger partial charge in [0.1, 0.15) is 19.0 Å². The van der Waals surface area contributed by atoms with Crippen LogP contribution in [0.4, 0.5) is 4.79 Å². The molecule has 3 rings (SSSR count). The van der Waals surface area contributed by atoms with Crippen molar-refractivity contribution < 1.29 is 22.7 Å². The average Bonchev–Trinajstić information content (AvgIpc) is 3.19. The Morgan fingerprint density at radius 3 is 2.84 bits per heavy atom. The zero-order valence-corrected chi connectivity index (χ0v) is 15.0. The third-order valence-electron chi connectivity index (χ3n) is 4.42. The standard InChI is InChI=1S/C15H22N4O5S/c1-10(2)14-16-3-4-19(14)12-9-25(22,23)8-11(12)17-13(20)7-18-5-6-24-15(18)21/h3-4,10-12H,5-9H2,1-2H3,(H,17,20)/t11-,12+/m0/s1. The largest absolute Gasteiger partial charge is 0.448 e. The zero-order chi connectivity index (χ0) is 18.2. The summed E-state index contributed by atoms with van der Waals surface area (Å²) in [7, 11) is -3.27. The van der Waals surface area contributed by atoms with E-state index in [9.17, 15) is 18.0 Å². The predicted molar refractivity (Wildman–Crippen MR) is 88.9 cm³/mol. The molecule has 0 aliphatic carbocycles. The first-order valence-electron chi connectivity index (χ1n) is 8.21. The van der Waals surface area contributed by atoms with Crippen LogP contribution in [0.1, 0.15) is 31.6 Å². The number of sulfone groups is 1. The molecule has 2 atom stereocenters. The molecule has 1 aromatic rings. The van der Waals surface area contributed by atoms with Crippen molar-refractivity contribution in [2.24, 2.45) is 0 Å². The first kappa shape index (κ1) is 17.7. The van der Waals surface area contributed by atoms with E-state index in [1.54, 1.807) is 12.4 Å². The maximum absolute atomic E-state index is 12.3. The van der Waals surface area contributed by atoms with Crippen LogP contribution in [0, 0.1) is 0 Å². The molecule has 138 valence electrons. The van der Waals surface area contributed by atoms with Crippen LogP contribution in [0.2, 0.25) is 0 Å². The molecule has 2 fully saturated rings. The Morgan fingerprint density at radius 1 is 1.44 bits per heavy atom. The first-order valence-corrected chi connectivity index (χ1v) is 10.0. The van der Waals surface area contributed by atoms with Crippen LogP contribution >= 0.6 is 0 Å². The van der Waals surface area contributed by atoms with Gasteiger partial charge in [-0.15, -0.1) is 0 Å². The van der Waals surface area contributed by atoms with Crippen molar-refractivity contribution in [2.75, 3.05) is 31.2 Å². The highest BCUT2D eigenvalue weighted by Crippen LogP contribution is 2.27. The van der Waals surface area contributed by atoms with Crippen molar-refractivity contribution >= 4 is 21.8 Å². The highest BCUT2D eigenvalue weighted by Gasteiger charge is 2.41. The van der Waals surface area contributed by atoms with Crippen molar-refractivity contribution in [1.82, 2.24) is 19.8 Å². The number of aromatic nitrogens is 2. The molecule has 2 aliphatic heterocycles. The van der Waals surface area contributed by atoms with Gasteiger partial charge in [0.05, 0.1) is 30.1 Å². The van der Waals surface area contributed by atoms with Crippen molar-refractivity contribution in [1.29, 1.82) is 0 Å². The molecule has 25 heavy (non-hydrogen) atoms. The fraction of sp³-hybridized carbons (Fsp3) is 0.667. The van der Waals surface area contributed by atoms with Crippen LogP contribution < -0.4 is 5.32 Å². The smallest absolute Gasteiger partial charge is 0.410 e. The summed E-state index contributed by atoms with van der Waals surface area (Å²) in [5, 5.41) is 2.77. The average molecular weight is 370 g/mol. The summed E-state index contributed by atoms with van der Waals surface area (Å²) < 4.78 is 30.9. The van der Waals surface area contributed by atoms with Gasteiger partial charge in [-0.25, -0.2) is 18.2 Å². The zero-order valence-electron chi connectivity index (χ0n) is 14.2. The lowest BCUT2D eigenvalue weighted by Gasteiger charge is -2.24. The molecule has 2 saturated heterocycles. The van der Waals surface area contributed by atoms with Crippen molar-refractivity contribution in [3.63, 3.8) is 0 Å². The molecule has 0 aromatic carbocycles. The molecule has 0 saturated carbocycles. The van der Waals surface area contributed by atoms with E-state index in [0.29, 0.717) is 6.54 Å². The molecule has 0 spiro atoms. The first-order chi connectivity index (χ1) is 11.8. The van der Waals surface area contributed by atoms with E-state index < -0.39 is 33.9 Å².